The second-order valence-electron chi connectivity index (χ2n) is 7.20. The molecule has 5 heteroatoms. The zero-order valence-electron chi connectivity index (χ0n) is 16.2. The Labute approximate surface area is 169 Å². The highest BCUT2D eigenvalue weighted by Crippen LogP contribution is 2.42. The standard InChI is InChI=1S/C22H23BrN2O2/c1-14-16(12-11-15-9-7-6-8-10-15)18(23)20(27-5)19(17(14)13-24)25-21(26)22(2,3)4/h6-12H,1-5H3,(H,25,26). The molecule has 0 aliphatic carbocycles. The van der Waals surface area contributed by atoms with Crippen LogP contribution in [0.25, 0.3) is 12.2 Å². The zero-order valence-corrected chi connectivity index (χ0v) is 17.8. The van der Waals surface area contributed by atoms with Gasteiger partial charge in [0.1, 0.15) is 11.8 Å². The summed E-state index contributed by atoms with van der Waals surface area (Å²) in [6.45, 7) is 7.32. The highest BCUT2D eigenvalue weighted by Gasteiger charge is 2.27. The number of rotatable bonds is 4. The molecule has 1 amide bonds. The molecule has 27 heavy (non-hydrogen) atoms. The molecule has 0 aromatic heterocycles. The van der Waals surface area contributed by atoms with Crippen LogP contribution in [0.1, 0.15) is 43.0 Å². The van der Waals surface area contributed by atoms with Gasteiger partial charge in [0.25, 0.3) is 0 Å². The van der Waals surface area contributed by atoms with Crippen LogP contribution in [0.5, 0.6) is 5.75 Å². The van der Waals surface area contributed by atoms with Crippen molar-refractivity contribution >= 4 is 39.7 Å². The summed E-state index contributed by atoms with van der Waals surface area (Å²) in [7, 11) is 1.52. The number of carbonyl (C=O) groups excluding carboxylic acids is 1. The molecule has 2 aromatic carbocycles. The number of carbonyl (C=O) groups is 1. The van der Waals surface area contributed by atoms with Crippen LogP contribution in [0.3, 0.4) is 0 Å². The Bertz CT molecular complexity index is 920. The Morgan fingerprint density at radius 3 is 2.37 bits per heavy atom. The minimum absolute atomic E-state index is 0.184. The maximum absolute atomic E-state index is 12.5. The van der Waals surface area contributed by atoms with Crippen LogP contribution in [0.2, 0.25) is 0 Å². The molecule has 140 valence electrons. The van der Waals surface area contributed by atoms with Crippen molar-refractivity contribution in [2.75, 3.05) is 12.4 Å². The molecule has 0 unspecified atom stereocenters. The SMILES string of the molecule is COc1c(Br)c(C=Cc2ccccc2)c(C)c(C#N)c1NC(=O)C(C)(C)C. The second-order valence-corrected chi connectivity index (χ2v) is 7.99. The fourth-order valence-electron chi connectivity index (χ4n) is 2.53. The number of nitrogens with zero attached hydrogens (tertiary/aromatic N) is 1. The van der Waals surface area contributed by atoms with E-state index in [1.165, 1.54) is 7.11 Å². The van der Waals surface area contributed by atoms with Crippen molar-refractivity contribution in [2.45, 2.75) is 27.7 Å². The molecule has 0 aliphatic heterocycles. The van der Waals surface area contributed by atoms with Crippen molar-refractivity contribution in [1.29, 1.82) is 5.26 Å². The zero-order chi connectivity index (χ0) is 20.2. The van der Waals surface area contributed by atoms with Crippen LogP contribution < -0.4 is 10.1 Å². The van der Waals surface area contributed by atoms with E-state index in [2.05, 4.69) is 27.3 Å². The highest BCUT2D eigenvalue weighted by molar-refractivity contribution is 9.10. The predicted molar refractivity (Wildman–Crippen MR) is 114 cm³/mol. The molecule has 1 N–H and O–H groups in total. The average molecular weight is 427 g/mol. The molecular weight excluding hydrogens is 404 g/mol. The Morgan fingerprint density at radius 1 is 1.22 bits per heavy atom. The third kappa shape index (κ3) is 4.58. The minimum Gasteiger partial charge on any atom is -0.493 e. The fraction of sp³-hybridized carbons (Fsp3) is 0.273. The van der Waals surface area contributed by atoms with Gasteiger partial charge in [-0.25, -0.2) is 0 Å². The summed E-state index contributed by atoms with van der Waals surface area (Å²) in [5.74, 6) is 0.249. The van der Waals surface area contributed by atoms with E-state index in [4.69, 9.17) is 4.74 Å². The lowest BCUT2D eigenvalue weighted by Gasteiger charge is -2.22. The smallest absolute Gasteiger partial charge is 0.229 e. The molecule has 4 nitrogen and oxygen atoms in total. The first kappa shape index (κ1) is 20.7. The first-order chi connectivity index (χ1) is 12.7. The monoisotopic (exact) mass is 426 g/mol. The first-order valence-corrected chi connectivity index (χ1v) is 9.34. The number of nitrogens with one attached hydrogen (secondary N) is 1. The van der Waals surface area contributed by atoms with Crippen LogP contribution in [0.15, 0.2) is 34.8 Å². The molecule has 0 aliphatic rings. The second kappa shape index (κ2) is 8.41. The van der Waals surface area contributed by atoms with E-state index in [9.17, 15) is 10.1 Å². The summed E-state index contributed by atoms with van der Waals surface area (Å²) in [5, 5.41) is 12.6. The summed E-state index contributed by atoms with van der Waals surface area (Å²) in [5.41, 5.74) is 2.83. The number of hydrogen-bond acceptors (Lipinski definition) is 3. The van der Waals surface area contributed by atoms with Crippen molar-refractivity contribution in [1.82, 2.24) is 0 Å². The van der Waals surface area contributed by atoms with E-state index in [-0.39, 0.29) is 5.91 Å². The normalized spacial score (nSPS) is 11.3. The largest absolute Gasteiger partial charge is 0.493 e. The third-order valence-corrected chi connectivity index (χ3v) is 4.96. The van der Waals surface area contributed by atoms with Crippen LogP contribution in [0.4, 0.5) is 5.69 Å². The van der Waals surface area contributed by atoms with E-state index in [1.807, 2.05) is 70.2 Å². The highest BCUT2D eigenvalue weighted by atomic mass is 79.9. The molecule has 0 heterocycles. The maximum atomic E-state index is 12.5. The molecule has 2 rings (SSSR count). The van der Waals surface area contributed by atoms with Gasteiger partial charge in [0.2, 0.25) is 5.91 Å². The van der Waals surface area contributed by atoms with Gasteiger partial charge in [-0.2, -0.15) is 5.26 Å². The number of amides is 1. The van der Waals surface area contributed by atoms with E-state index < -0.39 is 5.41 Å². The Hall–Kier alpha value is -2.58. The summed E-state index contributed by atoms with van der Waals surface area (Å²) in [6, 6.07) is 12.1. The van der Waals surface area contributed by atoms with Gasteiger partial charge >= 0.3 is 0 Å². The Morgan fingerprint density at radius 2 is 1.85 bits per heavy atom. The molecule has 2 aromatic rings. The molecule has 0 bridgehead atoms. The lowest BCUT2D eigenvalue weighted by Crippen LogP contribution is -2.28. The minimum atomic E-state index is -0.593. The Kier molecular flexibility index (Phi) is 6.45. The number of ether oxygens (including phenoxy) is 1. The summed E-state index contributed by atoms with van der Waals surface area (Å²) in [6.07, 6.45) is 3.91. The summed E-state index contributed by atoms with van der Waals surface area (Å²) >= 11 is 3.58. The van der Waals surface area contributed by atoms with Crippen LogP contribution >= 0.6 is 15.9 Å². The molecule has 0 atom stereocenters. The van der Waals surface area contributed by atoms with Crippen LogP contribution in [-0.4, -0.2) is 13.0 Å². The number of anilines is 1. The van der Waals surface area contributed by atoms with Gasteiger partial charge in [0.05, 0.1) is 17.1 Å². The van der Waals surface area contributed by atoms with Crippen molar-refractivity contribution in [3.05, 3.63) is 57.1 Å². The fourth-order valence-corrected chi connectivity index (χ4v) is 3.32. The van der Waals surface area contributed by atoms with Crippen molar-refractivity contribution in [3.63, 3.8) is 0 Å². The molecule has 0 saturated heterocycles. The van der Waals surface area contributed by atoms with E-state index in [0.717, 1.165) is 16.7 Å². The van der Waals surface area contributed by atoms with Gasteiger partial charge in [0.15, 0.2) is 5.75 Å². The van der Waals surface area contributed by atoms with E-state index in [0.29, 0.717) is 21.5 Å². The topological polar surface area (TPSA) is 62.1 Å². The van der Waals surface area contributed by atoms with Gasteiger partial charge < -0.3 is 10.1 Å². The number of methoxy groups -OCH3 is 1. The van der Waals surface area contributed by atoms with Crippen molar-refractivity contribution < 1.29 is 9.53 Å². The van der Waals surface area contributed by atoms with Gasteiger partial charge in [-0.3, -0.25) is 4.79 Å². The quantitative estimate of drug-likeness (QED) is 0.628. The maximum Gasteiger partial charge on any atom is 0.229 e. The van der Waals surface area contributed by atoms with Crippen molar-refractivity contribution in [2.24, 2.45) is 5.41 Å². The average Bonchev–Trinajstić information content (AvgIpc) is 2.62. The van der Waals surface area contributed by atoms with Gasteiger partial charge in [-0.15, -0.1) is 0 Å². The molecule has 0 spiro atoms. The van der Waals surface area contributed by atoms with Crippen LogP contribution in [0, 0.1) is 23.7 Å². The summed E-state index contributed by atoms with van der Waals surface area (Å²) in [4.78, 5) is 12.5. The van der Waals surface area contributed by atoms with E-state index in [1.54, 1.807) is 0 Å². The first-order valence-electron chi connectivity index (χ1n) is 8.55. The molecule has 0 radical (unpaired) electrons. The number of benzene rings is 2. The van der Waals surface area contributed by atoms with Gasteiger partial charge in [-0.05, 0) is 39.5 Å². The third-order valence-electron chi connectivity index (χ3n) is 4.17. The van der Waals surface area contributed by atoms with Gasteiger partial charge in [0, 0.05) is 5.41 Å². The Balaban J connectivity index is 2.61. The molecular formula is C22H23BrN2O2. The predicted octanol–water partition coefficient (Wildman–Crippen LogP) is 5.79. The van der Waals surface area contributed by atoms with E-state index >= 15 is 0 Å². The summed E-state index contributed by atoms with van der Waals surface area (Å²) < 4.78 is 6.23. The number of hydrogen-bond donors (Lipinski definition) is 1. The van der Waals surface area contributed by atoms with Crippen LogP contribution in [-0.2, 0) is 4.79 Å². The lowest BCUT2D eigenvalue weighted by molar-refractivity contribution is -0.123. The van der Waals surface area contributed by atoms with Crippen molar-refractivity contribution in [3.8, 4) is 11.8 Å². The number of nitriles is 1. The number of halogens is 1. The molecule has 0 fully saturated rings. The lowest BCUT2D eigenvalue weighted by atomic mass is 9.94. The molecule has 0 saturated carbocycles. The van der Waals surface area contributed by atoms with Gasteiger partial charge in [-0.1, -0.05) is 63.3 Å².